The summed E-state index contributed by atoms with van der Waals surface area (Å²) in [5, 5.41) is 2.82. The van der Waals surface area contributed by atoms with Crippen LogP contribution in [0.15, 0.2) is 47.1 Å². The topological polar surface area (TPSA) is 62.6 Å². The SMILES string of the molecule is CSCCC(NC(=O)c1ccco1)C(=O)N1CCc2ccccc21. The number of anilines is 1. The first kappa shape index (κ1) is 16.6. The van der Waals surface area contributed by atoms with Crippen molar-refractivity contribution in [1.29, 1.82) is 0 Å². The first-order chi connectivity index (χ1) is 11.7. The maximum Gasteiger partial charge on any atom is 0.287 e. The summed E-state index contributed by atoms with van der Waals surface area (Å²) in [6, 6.07) is 10.6. The molecule has 6 heteroatoms. The molecule has 1 aromatic carbocycles. The molecule has 24 heavy (non-hydrogen) atoms. The lowest BCUT2D eigenvalue weighted by atomic mass is 10.1. The second kappa shape index (κ2) is 7.57. The van der Waals surface area contributed by atoms with E-state index in [9.17, 15) is 9.59 Å². The van der Waals surface area contributed by atoms with Crippen molar-refractivity contribution >= 4 is 29.3 Å². The quantitative estimate of drug-likeness (QED) is 0.875. The molecule has 1 aliphatic rings. The van der Waals surface area contributed by atoms with Crippen LogP contribution in [0.25, 0.3) is 0 Å². The van der Waals surface area contributed by atoms with Crippen LogP contribution in [0.4, 0.5) is 5.69 Å². The van der Waals surface area contributed by atoms with Crippen LogP contribution in [0.5, 0.6) is 0 Å². The minimum Gasteiger partial charge on any atom is -0.459 e. The lowest BCUT2D eigenvalue weighted by Gasteiger charge is -2.24. The van der Waals surface area contributed by atoms with Crippen molar-refractivity contribution in [3.8, 4) is 0 Å². The number of furan rings is 1. The van der Waals surface area contributed by atoms with E-state index in [0.29, 0.717) is 13.0 Å². The Morgan fingerprint density at radius 3 is 2.88 bits per heavy atom. The fourth-order valence-corrected chi connectivity index (χ4v) is 3.36. The van der Waals surface area contributed by atoms with Gasteiger partial charge in [0.25, 0.3) is 5.91 Å². The molecule has 5 nitrogen and oxygen atoms in total. The molecule has 2 amide bonds. The number of amides is 2. The van der Waals surface area contributed by atoms with Crippen molar-refractivity contribution in [2.75, 3.05) is 23.5 Å². The number of hydrogen-bond acceptors (Lipinski definition) is 4. The van der Waals surface area contributed by atoms with Crippen LogP contribution < -0.4 is 10.2 Å². The molecule has 0 saturated carbocycles. The Morgan fingerprint density at radius 1 is 1.29 bits per heavy atom. The average molecular weight is 344 g/mol. The van der Waals surface area contributed by atoms with Crippen LogP contribution in [0.2, 0.25) is 0 Å². The van der Waals surface area contributed by atoms with E-state index in [1.54, 1.807) is 28.8 Å². The Morgan fingerprint density at radius 2 is 2.12 bits per heavy atom. The molecule has 0 fully saturated rings. The number of nitrogens with one attached hydrogen (secondary N) is 1. The van der Waals surface area contributed by atoms with Gasteiger partial charge in [-0.1, -0.05) is 18.2 Å². The first-order valence-corrected chi connectivity index (χ1v) is 9.32. The van der Waals surface area contributed by atoms with Gasteiger partial charge in [0.05, 0.1) is 6.26 Å². The van der Waals surface area contributed by atoms with E-state index in [4.69, 9.17) is 4.42 Å². The smallest absolute Gasteiger partial charge is 0.287 e. The Balaban J connectivity index is 1.76. The molecule has 1 aliphatic heterocycles. The van der Waals surface area contributed by atoms with Gasteiger partial charge in [-0.3, -0.25) is 9.59 Å². The zero-order valence-corrected chi connectivity index (χ0v) is 14.3. The predicted octanol–water partition coefficient (Wildman–Crippen LogP) is 2.72. The van der Waals surface area contributed by atoms with Gasteiger partial charge in [0.15, 0.2) is 5.76 Å². The van der Waals surface area contributed by atoms with Crippen LogP contribution in [-0.4, -0.2) is 36.4 Å². The number of fused-ring (bicyclic) bond motifs is 1. The minimum absolute atomic E-state index is 0.0612. The lowest BCUT2D eigenvalue weighted by Crippen LogP contribution is -2.48. The van der Waals surface area contributed by atoms with Gasteiger partial charge in [-0.05, 0) is 48.6 Å². The third-order valence-corrected chi connectivity index (χ3v) is 4.76. The summed E-state index contributed by atoms with van der Waals surface area (Å²) in [5.41, 5.74) is 2.12. The fourth-order valence-electron chi connectivity index (χ4n) is 2.89. The number of hydrogen-bond donors (Lipinski definition) is 1. The largest absolute Gasteiger partial charge is 0.459 e. The van der Waals surface area contributed by atoms with Crippen LogP contribution >= 0.6 is 11.8 Å². The third-order valence-electron chi connectivity index (χ3n) is 4.11. The molecular weight excluding hydrogens is 324 g/mol. The standard InChI is InChI=1S/C18H20N2O3S/c1-24-12-9-14(19-17(21)16-7-4-11-23-16)18(22)20-10-8-13-5-2-3-6-15(13)20/h2-7,11,14H,8-10,12H2,1H3,(H,19,21). The van der Waals surface area contributed by atoms with Gasteiger partial charge in [0, 0.05) is 12.2 Å². The van der Waals surface area contributed by atoms with Gasteiger partial charge in [-0.15, -0.1) is 0 Å². The molecule has 126 valence electrons. The Labute approximate surface area is 145 Å². The monoisotopic (exact) mass is 344 g/mol. The number of carbonyl (C=O) groups is 2. The highest BCUT2D eigenvalue weighted by Gasteiger charge is 2.31. The van der Waals surface area contributed by atoms with Gasteiger partial charge in [-0.25, -0.2) is 0 Å². The molecule has 0 saturated heterocycles. The second-order valence-corrected chi connectivity index (χ2v) is 6.64. The summed E-state index contributed by atoms with van der Waals surface area (Å²) >= 11 is 1.65. The molecule has 1 unspecified atom stereocenters. The van der Waals surface area contributed by atoms with E-state index in [1.807, 2.05) is 30.5 Å². The summed E-state index contributed by atoms with van der Waals surface area (Å²) in [6.45, 7) is 0.657. The number of thioether (sulfide) groups is 1. The number of nitrogens with zero attached hydrogens (tertiary/aromatic N) is 1. The van der Waals surface area contributed by atoms with Crippen molar-refractivity contribution in [2.24, 2.45) is 0 Å². The molecule has 2 heterocycles. The van der Waals surface area contributed by atoms with Crippen LogP contribution in [0.3, 0.4) is 0 Å². The van der Waals surface area contributed by atoms with Gasteiger partial charge >= 0.3 is 0 Å². The summed E-state index contributed by atoms with van der Waals surface area (Å²) < 4.78 is 5.12. The van der Waals surface area contributed by atoms with E-state index in [-0.39, 0.29) is 17.6 Å². The van der Waals surface area contributed by atoms with Crippen molar-refractivity contribution in [3.63, 3.8) is 0 Å². The molecule has 2 aromatic rings. The summed E-state index contributed by atoms with van der Waals surface area (Å²) in [6.07, 6.45) is 4.87. The number of benzene rings is 1. The summed E-state index contributed by atoms with van der Waals surface area (Å²) in [7, 11) is 0. The Bertz CT molecular complexity index is 715. The second-order valence-electron chi connectivity index (χ2n) is 5.65. The van der Waals surface area contributed by atoms with Crippen LogP contribution in [0.1, 0.15) is 22.5 Å². The highest BCUT2D eigenvalue weighted by atomic mass is 32.2. The maximum atomic E-state index is 13.0. The zero-order valence-electron chi connectivity index (χ0n) is 13.5. The molecule has 1 atom stereocenters. The number of carbonyl (C=O) groups excluding carboxylic acids is 2. The van der Waals surface area contributed by atoms with Crippen molar-refractivity contribution in [3.05, 3.63) is 54.0 Å². The third kappa shape index (κ3) is 3.48. The van der Waals surface area contributed by atoms with Crippen molar-refractivity contribution < 1.29 is 14.0 Å². The van der Waals surface area contributed by atoms with Crippen molar-refractivity contribution in [2.45, 2.75) is 18.9 Å². The maximum absolute atomic E-state index is 13.0. The van der Waals surface area contributed by atoms with Gasteiger partial charge in [-0.2, -0.15) is 11.8 Å². The molecule has 0 aliphatic carbocycles. The Kier molecular flexibility index (Phi) is 5.25. The van der Waals surface area contributed by atoms with Crippen LogP contribution in [0, 0.1) is 0 Å². The fraction of sp³-hybridized carbons (Fsp3) is 0.333. The zero-order chi connectivity index (χ0) is 16.9. The molecule has 0 spiro atoms. The van der Waals surface area contributed by atoms with E-state index in [1.165, 1.54) is 11.8 Å². The summed E-state index contributed by atoms with van der Waals surface area (Å²) in [4.78, 5) is 27.0. The first-order valence-electron chi connectivity index (χ1n) is 7.93. The molecular formula is C18H20N2O3S. The average Bonchev–Trinajstić information content (AvgIpc) is 3.27. The van der Waals surface area contributed by atoms with Gasteiger partial charge in [0.2, 0.25) is 5.91 Å². The minimum atomic E-state index is -0.554. The number of rotatable bonds is 6. The van der Waals surface area contributed by atoms with E-state index in [2.05, 4.69) is 5.32 Å². The predicted molar refractivity (Wildman–Crippen MR) is 95.5 cm³/mol. The highest BCUT2D eigenvalue weighted by molar-refractivity contribution is 7.98. The molecule has 3 rings (SSSR count). The highest BCUT2D eigenvalue weighted by Crippen LogP contribution is 2.28. The van der Waals surface area contributed by atoms with Gasteiger partial charge < -0.3 is 14.6 Å². The van der Waals surface area contributed by atoms with E-state index < -0.39 is 6.04 Å². The van der Waals surface area contributed by atoms with Gasteiger partial charge in [0.1, 0.15) is 6.04 Å². The Hall–Kier alpha value is -2.21. The molecule has 1 N–H and O–H groups in total. The molecule has 0 radical (unpaired) electrons. The molecule has 1 aromatic heterocycles. The normalized spacial score (nSPS) is 14.3. The van der Waals surface area contributed by atoms with E-state index >= 15 is 0 Å². The van der Waals surface area contributed by atoms with Crippen LogP contribution in [-0.2, 0) is 11.2 Å². The number of para-hydroxylation sites is 1. The lowest BCUT2D eigenvalue weighted by molar-refractivity contribution is -0.120. The summed E-state index contributed by atoms with van der Waals surface area (Å²) in [5.74, 6) is 0.601. The molecule has 0 bridgehead atoms. The van der Waals surface area contributed by atoms with E-state index in [0.717, 1.165) is 17.9 Å². The van der Waals surface area contributed by atoms with Crippen molar-refractivity contribution in [1.82, 2.24) is 5.32 Å².